The van der Waals surface area contributed by atoms with Crippen molar-refractivity contribution in [2.75, 3.05) is 5.01 Å². The maximum absolute atomic E-state index is 13.8. The first-order valence-electron chi connectivity index (χ1n) is 9.45. The molecule has 0 unspecified atom stereocenters. The van der Waals surface area contributed by atoms with E-state index in [1.165, 1.54) is 41.1 Å². The fourth-order valence-electron chi connectivity index (χ4n) is 3.27. The van der Waals surface area contributed by atoms with Crippen LogP contribution in [0.5, 0.6) is 0 Å². The lowest BCUT2D eigenvalue weighted by molar-refractivity contribution is 0.0857. The van der Waals surface area contributed by atoms with E-state index in [0.717, 1.165) is 5.01 Å². The maximum atomic E-state index is 13.8. The van der Waals surface area contributed by atoms with Gasteiger partial charge in [0.1, 0.15) is 4.64 Å². The van der Waals surface area contributed by atoms with Crippen molar-refractivity contribution in [2.24, 2.45) is 0 Å². The number of carbonyl (C=O) groups excluding carboxylic acids is 2. The third-order valence-corrected chi connectivity index (χ3v) is 6.42. The van der Waals surface area contributed by atoms with Crippen molar-refractivity contribution >= 4 is 81.5 Å². The molecule has 0 aliphatic rings. The Labute approximate surface area is 214 Å². The highest BCUT2D eigenvalue weighted by Crippen LogP contribution is 2.27. The van der Waals surface area contributed by atoms with Crippen molar-refractivity contribution in [3.05, 3.63) is 102 Å². The summed E-state index contributed by atoms with van der Waals surface area (Å²) in [6.45, 7) is 1.78. The molecule has 0 N–H and O–H groups in total. The Morgan fingerprint density at radius 2 is 1.42 bits per heavy atom. The molecule has 0 spiro atoms. The summed E-state index contributed by atoms with van der Waals surface area (Å²) in [6.07, 6.45) is 1.54. The summed E-state index contributed by atoms with van der Waals surface area (Å²) >= 11 is 30.2. The summed E-state index contributed by atoms with van der Waals surface area (Å²) < 4.78 is 1.51. The van der Waals surface area contributed by atoms with Gasteiger partial charge in [-0.15, -0.1) is 0 Å². The molecular weight excluding hydrogens is 524 g/mol. The van der Waals surface area contributed by atoms with Crippen molar-refractivity contribution in [1.82, 2.24) is 9.66 Å². The minimum atomic E-state index is -0.735. The average molecular weight is 537 g/mol. The van der Waals surface area contributed by atoms with Gasteiger partial charge in [0.15, 0.2) is 5.65 Å². The highest BCUT2D eigenvalue weighted by molar-refractivity contribution is 7.71. The van der Waals surface area contributed by atoms with E-state index in [1.807, 2.05) is 6.07 Å². The van der Waals surface area contributed by atoms with Crippen LogP contribution in [0.3, 0.4) is 0 Å². The van der Waals surface area contributed by atoms with E-state index in [0.29, 0.717) is 26.6 Å². The van der Waals surface area contributed by atoms with Crippen molar-refractivity contribution in [2.45, 2.75) is 6.92 Å². The van der Waals surface area contributed by atoms with E-state index in [9.17, 15) is 9.59 Å². The molecule has 2 aromatic heterocycles. The monoisotopic (exact) mass is 535 g/mol. The Hall–Kier alpha value is -2.48. The van der Waals surface area contributed by atoms with Gasteiger partial charge in [-0.25, -0.2) is 9.66 Å². The number of imide groups is 1. The number of carbonyl (C=O) groups is 2. The zero-order valence-corrected chi connectivity index (χ0v) is 20.7. The molecule has 2 heterocycles. The van der Waals surface area contributed by atoms with E-state index in [-0.39, 0.29) is 25.8 Å². The molecule has 0 aliphatic heterocycles. The second-order valence-electron chi connectivity index (χ2n) is 7.03. The van der Waals surface area contributed by atoms with E-state index >= 15 is 0 Å². The molecule has 5 nitrogen and oxygen atoms in total. The first kappa shape index (κ1) is 23.7. The molecule has 2 amide bonds. The largest absolute Gasteiger partial charge is 0.281 e. The molecule has 166 valence electrons. The topological polar surface area (TPSA) is 55.2 Å². The molecular formula is C23H13Cl4N3O2S. The van der Waals surface area contributed by atoms with E-state index in [1.54, 1.807) is 25.3 Å². The average Bonchev–Trinajstić information content (AvgIpc) is 2.76. The molecule has 4 rings (SSSR count). The second kappa shape index (κ2) is 9.41. The number of aromatic nitrogens is 2. The molecule has 0 aliphatic carbocycles. The molecule has 10 heteroatoms. The van der Waals surface area contributed by atoms with Crippen molar-refractivity contribution in [3.63, 3.8) is 0 Å². The molecule has 0 fully saturated rings. The predicted octanol–water partition coefficient (Wildman–Crippen LogP) is 7.31. The first-order valence-corrected chi connectivity index (χ1v) is 11.4. The van der Waals surface area contributed by atoms with Crippen LogP contribution in [0, 0.1) is 11.6 Å². The van der Waals surface area contributed by atoms with Gasteiger partial charge in [-0.1, -0.05) is 58.6 Å². The van der Waals surface area contributed by atoms with Crippen LogP contribution in [0.4, 0.5) is 0 Å². The normalized spacial score (nSPS) is 10.9. The van der Waals surface area contributed by atoms with Gasteiger partial charge in [-0.05, 0) is 67.1 Å². The molecule has 2 aromatic carbocycles. The van der Waals surface area contributed by atoms with Gasteiger partial charge in [-0.2, -0.15) is 5.01 Å². The van der Waals surface area contributed by atoms with E-state index < -0.39 is 11.8 Å². The number of rotatable bonds is 3. The number of hydrogen-bond donors (Lipinski definition) is 0. The van der Waals surface area contributed by atoms with Gasteiger partial charge < -0.3 is 0 Å². The summed E-state index contributed by atoms with van der Waals surface area (Å²) in [7, 11) is 0. The van der Waals surface area contributed by atoms with Crippen LogP contribution >= 0.6 is 58.6 Å². The molecule has 0 radical (unpaired) electrons. The number of fused-ring (bicyclic) bond motifs is 1. The van der Waals surface area contributed by atoms with Crippen molar-refractivity contribution in [1.29, 1.82) is 0 Å². The summed E-state index contributed by atoms with van der Waals surface area (Å²) in [5.41, 5.74) is 1.07. The second-order valence-corrected chi connectivity index (χ2v) is 9.10. The summed E-state index contributed by atoms with van der Waals surface area (Å²) in [4.78, 5) is 32.0. The lowest BCUT2D eigenvalue weighted by atomic mass is 10.1. The maximum Gasteiger partial charge on any atom is 0.281 e. The lowest BCUT2D eigenvalue weighted by Crippen LogP contribution is -2.46. The first-order chi connectivity index (χ1) is 15.7. The molecule has 0 atom stereocenters. The fourth-order valence-corrected chi connectivity index (χ4v) is 4.48. The summed E-state index contributed by atoms with van der Waals surface area (Å²) in [6, 6.07) is 14.1. The van der Waals surface area contributed by atoms with Gasteiger partial charge in [0.05, 0.1) is 21.2 Å². The minimum absolute atomic E-state index is 0.0481. The number of pyridine rings is 2. The fraction of sp³-hybridized carbons (Fsp3) is 0.0435. The van der Waals surface area contributed by atoms with Crippen LogP contribution in [-0.4, -0.2) is 21.5 Å². The number of nitrogens with zero attached hydrogens (tertiary/aromatic N) is 3. The molecule has 0 bridgehead atoms. The van der Waals surface area contributed by atoms with Gasteiger partial charge in [0, 0.05) is 21.6 Å². The standard InChI is InChI=1S/C23H13Cl4N3O2S/c1-12-9-13-3-2-8-28-20(13)29(23(12)33)30(21(31)16-6-4-14(24)10-18(16)26)22(32)17-7-5-15(25)11-19(17)27/h2-11H,1H3. The molecule has 33 heavy (non-hydrogen) atoms. The van der Waals surface area contributed by atoms with Crippen molar-refractivity contribution < 1.29 is 9.59 Å². The zero-order valence-electron chi connectivity index (χ0n) is 16.9. The third-order valence-electron chi connectivity index (χ3n) is 4.83. The number of hydrogen-bond acceptors (Lipinski definition) is 4. The van der Waals surface area contributed by atoms with Crippen LogP contribution in [0.1, 0.15) is 26.3 Å². The predicted molar refractivity (Wildman–Crippen MR) is 135 cm³/mol. The number of amides is 2. The van der Waals surface area contributed by atoms with Crippen molar-refractivity contribution in [3.8, 4) is 0 Å². The highest BCUT2D eigenvalue weighted by Gasteiger charge is 2.31. The third kappa shape index (κ3) is 4.50. The number of benzene rings is 2. The van der Waals surface area contributed by atoms with Crippen LogP contribution in [0.2, 0.25) is 20.1 Å². The van der Waals surface area contributed by atoms with Crippen LogP contribution in [0.25, 0.3) is 11.0 Å². The van der Waals surface area contributed by atoms with Gasteiger partial charge in [-0.3, -0.25) is 9.59 Å². The molecule has 0 saturated heterocycles. The Balaban J connectivity index is 2.03. The number of halogens is 4. The smallest absolute Gasteiger partial charge is 0.267 e. The summed E-state index contributed by atoms with van der Waals surface area (Å²) in [5.74, 6) is -1.47. The zero-order chi connectivity index (χ0) is 23.9. The SMILES string of the molecule is Cc1cc2cccnc2n(N(C(=O)c2ccc(Cl)cc2Cl)C(=O)c2ccc(Cl)cc2Cl)c1=S. The Morgan fingerprint density at radius 3 is 1.94 bits per heavy atom. The minimum Gasteiger partial charge on any atom is -0.267 e. The summed E-state index contributed by atoms with van der Waals surface area (Å²) in [5, 5.41) is 2.39. The lowest BCUT2D eigenvalue weighted by Gasteiger charge is -2.26. The molecule has 0 saturated carbocycles. The highest BCUT2D eigenvalue weighted by atomic mass is 35.5. The van der Waals surface area contributed by atoms with Crippen LogP contribution in [0.15, 0.2) is 60.8 Å². The molecule has 4 aromatic rings. The van der Waals surface area contributed by atoms with Crippen LogP contribution < -0.4 is 5.01 Å². The van der Waals surface area contributed by atoms with E-state index in [2.05, 4.69) is 4.98 Å². The Kier molecular flexibility index (Phi) is 6.75. The Bertz CT molecular complexity index is 1440. The quantitative estimate of drug-likeness (QED) is 0.203. The van der Waals surface area contributed by atoms with Crippen LogP contribution in [-0.2, 0) is 0 Å². The van der Waals surface area contributed by atoms with Gasteiger partial charge in [0.25, 0.3) is 11.8 Å². The van der Waals surface area contributed by atoms with Gasteiger partial charge in [0.2, 0.25) is 0 Å². The number of aryl methyl sites for hydroxylation is 1. The van der Waals surface area contributed by atoms with E-state index in [4.69, 9.17) is 58.6 Å². The van der Waals surface area contributed by atoms with Gasteiger partial charge >= 0.3 is 0 Å². The Morgan fingerprint density at radius 1 is 0.879 bits per heavy atom.